The molecule has 0 aliphatic rings. The Bertz CT molecular complexity index is 180. The zero-order valence-electron chi connectivity index (χ0n) is 11.1. The van der Waals surface area contributed by atoms with E-state index in [-0.39, 0.29) is 18.8 Å². The van der Waals surface area contributed by atoms with Crippen LogP contribution in [0.3, 0.4) is 0 Å². The van der Waals surface area contributed by atoms with Crippen LogP contribution in [0.15, 0.2) is 0 Å². The third-order valence-corrected chi connectivity index (χ3v) is 2.13. The van der Waals surface area contributed by atoms with Crippen molar-refractivity contribution in [2.75, 3.05) is 19.8 Å². The van der Waals surface area contributed by atoms with Gasteiger partial charge in [0, 0.05) is 6.61 Å². The second-order valence-corrected chi connectivity index (χ2v) is 5.58. The van der Waals surface area contributed by atoms with Crippen molar-refractivity contribution in [2.24, 2.45) is 0 Å². The Labute approximate surface area is 98.6 Å². The van der Waals surface area contributed by atoms with Crippen molar-refractivity contribution in [2.45, 2.75) is 58.3 Å². The highest BCUT2D eigenvalue weighted by Gasteiger charge is 2.24. The van der Waals surface area contributed by atoms with Crippen LogP contribution in [0.5, 0.6) is 0 Å². The van der Waals surface area contributed by atoms with E-state index in [4.69, 9.17) is 19.7 Å². The minimum absolute atomic E-state index is 0.149. The first kappa shape index (κ1) is 15.8. The Morgan fingerprint density at radius 1 is 1.00 bits per heavy atom. The molecule has 0 aromatic rings. The van der Waals surface area contributed by atoms with Crippen molar-refractivity contribution in [3.8, 4) is 0 Å². The van der Waals surface area contributed by atoms with Gasteiger partial charge in [-0.25, -0.2) is 0 Å². The first-order chi connectivity index (χ1) is 7.20. The van der Waals surface area contributed by atoms with Crippen LogP contribution in [0.4, 0.5) is 0 Å². The molecule has 0 radical (unpaired) electrons. The molecule has 98 valence electrons. The molecule has 4 nitrogen and oxygen atoms in total. The quantitative estimate of drug-likeness (QED) is 0.698. The Morgan fingerprint density at radius 3 is 1.88 bits per heavy atom. The summed E-state index contributed by atoms with van der Waals surface area (Å²) >= 11 is 0. The molecule has 0 rings (SSSR count). The summed E-state index contributed by atoms with van der Waals surface area (Å²) in [6.45, 7) is 10.1. The van der Waals surface area contributed by atoms with Gasteiger partial charge in [0.2, 0.25) is 0 Å². The molecule has 0 saturated carbocycles. The highest BCUT2D eigenvalue weighted by molar-refractivity contribution is 4.72. The molecule has 0 aliphatic heterocycles. The van der Waals surface area contributed by atoms with Gasteiger partial charge in [0.1, 0.15) is 6.10 Å². The van der Waals surface area contributed by atoms with Gasteiger partial charge in [0.25, 0.3) is 0 Å². The smallest absolute Gasteiger partial charge is 0.104 e. The average molecular weight is 234 g/mol. The minimum atomic E-state index is -0.510. The molecule has 0 aromatic heterocycles. The fourth-order valence-corrected chi connectivity index (χ4v) is 1.25. The molecule has 0 spiro atoms. The van der Waals surface area contributed by atoms with E-state index in [1.165, 1.54) is 0 Å². The van der Waals surface area contributed by atoms with Crippen molar-refractivity contribution in [1.29, 1.82) is 0 Å². The normalized spacial score (nSPS) is 13.5. The highest BCUT2D eigenvalue weighted by Crippen LogP contribution is 2.18. The molecule has 0 amide bonds. The fraction of sp³-hybridized carbons (Fsp3) is 1.00. The molecule has 0 heterocycles. The molecule has 0 fully saturated rings. The summed E-state index contributed by atoms with van der Waals surface area (Å²) < 4.78 is 11.2. The van der Waals surface area contributed by atoms with Crippen molar-refractivity contribution < 1.29 is 19.7 Å². The molecular formula is C12H26O4. The summed E-state index contributed by atoms with van der Waals surface area (Å²) in [6, 6.07) is 0. The third-order valence-electron chi connectivity index (χ3n) is 2.13. The van der Waals surface area contributed by atoms with Gasteiger partial charge >= 0.3 is 0 Å². The molecule has 0 aromatic carbocycles. The van der Waals surface area contributed by atoms with Crippen LogP contribution in [0, 0.1) is 0 Å². The van der Waals surface area contributed by atoms with Crippen molar-refractivity contribution >= 4 is 0 Å². The largest absolute Gasteiger partial charge is 0.394 e. The van der Waals surface area contributed by atoms with Gasteiger partial charge in [-0.2, -0.15) is 0 Å². The minimum Gasteiger partial charge on any atom is -0.394 e. The van der Waals surface area contributed by atoms with Crippen molar-refractivity contribution in [1.82, 2.24) is 0 Å². The summed E-state index contributed by atoms with van der Waals surface area (Å²) in [6.07, 6.45) is 0.213. The van der Waals surface area contributed by atoms with Crippen LogP contribution in [-0.4, -0.2) is 47.3 Å². The van der Waals surface area contributed by atoms with Crippen molar-refractivity contribution in [3.05, 3.63) is 0 Å². The molecule has 0 unspecified atom stereocenters. The molecule has 0 aliphatic carbocycles. The van der Waals surface area contributed by atoms with E-state index in [0.717, 1.165) is 6.42 Å². The maximum Gasteiger partial charge on any atom is 0.104 e. The first-order valence-corrected chi connectivity index (χ1v) is 5.74. The van der Waals surface area contributed by atoms with E-state index < -0.39 is 11.7 Å². The molecule has 2 N–H and O–H groups in total. The average Bonchev–Trinajstić information content (AvgIpc) is 2.11. The predicted molar refractivity (Wildman–Crippen MR) is 63.4 cm³/mol. The Kier molecular flexibility index (Phi) is 6.48. The first-order valence-electron chi connectivity index (χ1n) is 5.74. The number of ether oxygens (including phenoxy) is 2. The van der Waals surface area contributed by atoms with Gasteiger partial charge in [-0.05, 0) is 41.0 Å². The molecule has 0 atom stereocenters. The molecular weight excluding hydrogens is 208 g/mol. The Balaban J connectivity index is 3.95. The summed E-state index contributed by atoms with van der Waals surface area (Å²) in [5, 5.41) is 17.9. The maximum atomic E-state index is 8.93. The van der Waals surface area contributed by atoms with Crippen LogP contribution >= 0.6 is 0 Å². The van der Waals surface area contributed by atoms with Gasteiger partial charge in [0.15, 0.2) is 0 Å². The maximum absolute atomic E-state index is 8.93. The van der Waals surface area contributed by atoms with E-state index >= 15 is 0 Å². The lowest BCUT2D eigenvalue weighted by molar-refractivity contribution is -0.124. The summed E-state index contributed by atoms with van der Waals surface area (Å²) in [4.78, 5) is 0. The van der Waals surface area contributed by atoms with Gasteiger partial charge in [0.05, 0.1) is 24.4 Å². The monoisotopic (exact) mass is 234 g/mol. The standard InChI is InChI=1S/C12H26O4/c1-11(2,3)15-7-6-12(4,5)16-10(8-13)9-14/h10,13-14H,6-9H2,1-5H3. The zero-order chi connectivity index (χ0) is 12.8. The number of rotatable bonds is 7. The van der Waals surface area contributed by atoms with E-state index in [2.05, 4.69) is 0 Å². The molecule has 0 bridgehead atoms. The molecule has 0 saturated heterocycles. The number of hydrogen-bond acceptors (Lipinski definition) is 4. The summed E-state index contributed by atoms with van der Waals surface area (Å²) in [5.74, 6) is 0. The topological polar surface area (TPSA) is 58.9 Å². The van der Waals surface area contributed by atoms with Crippen LogP contribution in [0.2, 0.25) is 0 Å². The molecule has 16 heavy (non-hydrogen) atoms. The fourth-order valence-electron chi connectivity index (χ4n) is 1.25. The lowest BCUT2D eigenvalue weighted by Gasteiger charge is -2.30. The summed E-state index contributed by atoms with van der Waals surface area (Å²) in [5.41, 5.74) is -0.551. The van der Waals surface area contributed by atoms with Crippen LogP contribution in [0.25, 0.3) is 0 Å². The van der Waals surface area contributed by atoms with E-state index in [9.17, 15) is 0 Å². The Hall–Kier alpha value is -0.160. The van der Waals surface area contributed by atoms with Gasteiger partial charge in [-0.3, -0.25) is 0 Å². The van der Waals surface area contributed by atoms with E-state index in [1.807, 2.05) is 34.6 Å². The predicted octanol–water partition coefficient (Wildman–Crippen LogP) is 1.34. The SMILES string of the molecule is CC(C)(C)OCCC(C)(C)OC(CO)CO. The second-order valence-electron chi connectivity index (χ2n) is 5.58. The lowest BCUT2D eigenvalue weighted by atomic mass is 10.1. The van der Waals surface area contributed by atoms with Crippen LogP contribution in [-0.2, 0) is 9.47 Å². The number of aliphatic hydroxyl groups is 2. The van der Waals surface area contributed by atoms with Crippen molar-refractivity contribution in [3.63, 3.8) is 0 Å². The van der Waals surface area contributed by atoms with Crippen LogP contribution in [0.1, 0.15) is 41.0 Å². The third kappa shape index (κ3) is 8.05. The van der Waals surface area contributed by atoms with E-state index in [1.54, 1.807) is 0 Å². The van der Waals surface area contributed by atoms with Gasteiger partial charge in [-0.1, -0.05) is 0 Å². The lowest BCUT2D eigenvalue weighted by Crippen LogP contribution is -2.36. The Morgan fingerprint density at radius 2 is 1.50 bits per heavy atom. The summed E-state index contributed by atoms with van der Waals surface area (Å²) in [7, 11) is 0. The zero-order valence-corrected chi connectivity index (χ0v) is 11.1. The second kappa shape index (κ2) is 6.55. The van der Waals surface area contributed by atoms with E-state index in [0.29, 0.717) is 6.61 Å². The number of aliphatic hydroxyl groups excluding tert-OH is 2. The van der Waals surface area contributed by atoms with Crippen LogP contribution < -0.4 is 0 Å². The van der Waals surface area contributed by atoms with Gasteiger partial charge in [-0.15, -0.1) is 0 Å². The molecule has 4 heteroatoms. The van der Waals surface area contributed by atoms with Gasteiger partial charge < -0.3 is 19.7 Å². The number of hydrogen-bond donors (Lipinski definition) is 2. The highest BCUT2D eigenvalue weighted by atomic mass is 16.5.